The predicted octanol–water partition coefficient (Wildman–Crippen LogP) is 5.09. The maximum absolute atomic E-state index is 14.1. The van der Waals surface area contributed by atoms with Crippen LogP contribution < -0.4 is 10.2 Å². The van der Waals surface area contributed by atoms with E-state index >= 15 is 0 Å². The molecular formula is C29H35F2N5O2. The number of carbonyl (C=O) groups excluding carboxylic acids is 2. The molecule has 2 fully saturated rings. The molecule has 2 aliphatic rings. The number of alkyl halides is 2. The van der Waals surface area contributed by atoms with Crippen LogP contribution in [-0.2, 0) is 15.0 Å². The number of nitriles is 1. The summed E-state index contributed by atoms with van der Waals surface area (Å²) in [5, 5.41) is 12.6. The number of likely N-dealkylation sites (tertiary alicyclic amines) is 1. The van der Waals surface area contributed by atoms with E-state index in [0.717, 1.165) is 5.56 Å². The lowest BCUT2D eigenvalue weighted by Gasteiger charge is -2.36. The Balaban J connectivity index is 1.74. The van der Waals surface area contributed by atoms with E-state index in [2.05, 4.69) is 37.3 Å². The van der Waals surface area contributed by atoms with Gasteiger partial charge in [0.15, 0.2) is 6.19 Å². The third-order valence-electron chi connectivity index (χ3n) is 7.49. The zero-order chi connectivity index (χ0) is 27.5. The molecule has 0 spiro atoms. The van der Waals surface area contributed by atoms with Crippen LogP contribution in [-0.4, -0.2) is 46.2 Å². The highest BCUT2D eigenvalue weighted by Gasteiger charge is 2.42. The van der Waals surface area contributed by atoms with E-state index in [9.17, 15) is 23.6 Å². The number of amides is 2. The van der Waals surface area contributed by atoms with E-state index in [1.807, 2.05) is 24.3 Å². The molecule has 2 aromatic rings. The summed E-state index contributed by atoms with van der Waals surface area (Å²) in [6.07, 6.45) is 6.19. The maximum Gasteiger partial charge on any atom is 0.251 e. The molecule has 2 amide bonds. The average Bonchev–Trinajstić information content (AvgIpc) is 3.37. The number of hydrogen-bond acceptors (Lipinski definition) is 5. The average molecular weight is 524 g/mol. The Kier molecular flexibility index (Phi) is 8.00. The van der Waals surface area contributed by atoms with Crippen LogP contribution >= 0.6 is 0 Å². The van der Waals surface area contributed by atoms with E-state index in [1.54, 1.807) is 24.5 Å². The lowest BCUT2D eigenvalue weighted by Crippen LogP contribution is -2.52. The fraction of sp³-hybridized carbons (Fsp3) is 0.517. The summed E-state index contributed by atoms with van der Waals surface area (Å²) < 4.78 is 27.5. The summed E-state index contributed by atoms with van der Waals surface area (Å²) in [4.78, 5) is 35.1. The number of hydrogen-bond donors (Lipinski definition) is 1. The lowest BCUT2D eigenvalue weighted by atomic mass is 9.87. The minimum Gasteiger partial charge on any atom is -0.351 e. The van der Waals surface area contributed by atoms with E-state index < -0.39 is 30.0 Å². The Morgan fingerprint density at radius 2 is 1.84 bits per heavy atom. The molecule has 4 rings (SSSR count). The van der Waals surface area contributed by atoms with Crippen LogP contribution in [0.4, 0.5) is 14.5 Å². The molecule has 202 valence electrons. The normalized spacial score (nSPS) is 20.4. The zero-order valence-electron chi connectivity index (χ0n) is 22.2. The van der Waals surface area contributed by atoms with Crippen LogP contribution in [0.2, 0.25) is 0 Å². The summed E-state index contributed by atoms with van der Waals surface area (Å²) in [5.41, 5.74) is 1.98. The number of rotatable bonds is 6. The van der Waals surface area contributed by atoms with Crippen molar-refractivity contribution in [2.45, 2.75) is 88.8 Å². The molecule has 1 aliphatic heterocycles. The largest absolute Gasteiger partial charge is 0.351 e. The molecule has 7 nitrogen and oxygen atoms in total. The van der Waals surface area contributed by atoms with Crippen molar-refractivity contribution in [2.75, 3.05) is 11.4 Å². The lowest BCUT2D eigenvalue weighted by molar-refractivity contribution is -0.129. The summed E-state index contributed by atoms with van der Waals surface area (Å²) >= 11 is 0. The summed E-state index contributed by atoms with van der Waals surface area (Å²) in [6.45, 7) is 6.75. The fourth-order valence-electron chi connectivity index (χ4n) is 5.25. The van der Waals surface area contributed by atoms with E-state index in [-0.39, 0.29) is 37.0 Å². The van der Waals surface area contributed by atoms with Crippen LogP contribution in [0.25, 0.3) is 0 Å². The first-order valence-corrected chi connectivity index (χ1v) is 13.2. The number of benzene rings is 1. The van der Waals surface area contributed by atoms with Crippen molar-refractivity contribution >= 4 is 17.5 Å². The van der Waals surface area contributed by atoms with Crippen LogP contribution in [0, 0.1) is 11.5 Å². The molecule has 1 aromatic heterocycles. The zero-order valence-corrected chi connectivity index (χ0v) is 22.2. The molecule has 0 radical (unpaired) electrons. The van der Waals surface area contributed by atoms with Crippen molar-refractivity contribution in [2.24, 2.45) is 0 Å². The van der Waals surface area contributed by atoms with Crippen molar-refractivity contribution in [1.82, 2.24) is 15.2 Å². The molecule has 1 saturated carbocycles. The molecule has 1 aromatic carbocycles. The Labute approximate surface area is 222 Å². The van der Waals surface area contributed by atoms with Crippen LogP contribution in [0.5, 0.6) is 0 Å². The summed E-state index contributed by atoms with van der Waals surface area (Å²) in [5.74, 6) is -3.53. The summed E-state index contributed by atoms with van der Waals surface area (Å²) in [7, 11) is 0. The molecule has 1 N–H and O–H groups in total. The minimum absolute atomic E-state index is 0.112. The Hall–Kier alpha value is -3.54. The highest BCUT2D eigenvalue weighted by atomic mass is 19.3. The molecule has 2 atom stereocenters. The smallest absolute Gasteiger partial charge is 0.251 e. The van der Waals surface area contributed by atoms with Gasteiger partial charge in [-0.2, -0.15) is 5.26 Å². The van der Waals surface area contributed by atoms with Gasteiger partial charge in [-0.3, -0.25) is 24.4 Å². The van der Waals surface area contributed by atoms with E-state index in [1.165, 1.54) is 9.80 Å². The molecule has 9 heteroatoms. The van der Waals surface area contributed by atoms with Gasteiger partial charge in [0, 0.05) is 49.1 Å². The second-order valence-corrected chi connectivity index (χ2v) is 11.3. The van der Waals surface area contributed by atoms with E-state index in [0.29, 0.717) is 30.6 Å². The number of aromatic nitrogens is 1. The van der Waals surface area contributed by atoms with Gasteiger partial charge >= 0.3 is 0 Å². The molecular weight excluding hydrogens is 488 g/mol. The first-order valence-electron chi connectivity index (χ1n) is 13.2. The minimum atomic E-state index is -2.72. The number of nitrogens with one attached hydrogen (secondary N) is 1. The number of anilines is 1. The number of halogens is 2. The van der Waals surface area contributed by atoms with Crippen molar-refractivity contribution < 1.29 is 18.4 Å². The van der Waals surface area contributed by atoms with Gasteiger partial charge in [-0.1, -0.05) is 39.0 Å². The number of carbonyl (C=O) groups is 2. The first kappa shape index (κ1) is 27.5. The maximum atomic E-state index is 14.1. The van der Waals surface area contributed by atoms with Gasteiger partial charge in [0.1, 0.15) is 12.1 Å². The van der Waals surface area contributed by atoms with Crippen LogP contribution in [0.15, 0.2) is 48.8 Å². The SMILES string of the molecule is CC(C)(C)c1ccc(N(C(=O)[C@H]2CCCN2C#N)C(C(=O)NC2CCC(F)(F)CC2)c2cccnc2)cc1. The highest BCUT2D eigenvalue weighted by Crippen LogP contribution is 2.35. The quantitative estimate of drug-likeness (QED) is 0.533. The second kappa shape index (κ2) is 11.1. The number of nitrogens with zero attached hydrogens (tertiary/aromatic N) is 4. The van der Waals surface area contributed by atoms with Crippen molar-refractivity contribution in [1.29, 1.82) is 5.26 Å². The van der Waals surface area contributed by atoms with Crippen LogP contribution in [0.1, 0.15) is 76.5 Å². The first-order chi connectivity index (χ1) is 18.0. The van der Waals surface area contributed by atoms with Crippen molar-refractivity contribution in [3.63, 3.8) is 0 Å². The molecule has 38 heavy (non-hydrogen) atoms. The molecule has 1 saturated heterocycles. The summed E-state index contributed by atoms with van der Waals surface area (Å²) in [6, 6.07) is 8.75. The van der Waals surface area contributed by atoms with Crippen LogP contribution in [0.3, 0.4) is 0 Å². The molecule has 1 unspecified atom stereocenters. The van der Waals surface area contributed by atoms with Gasteiger partial charge in [-0.25, -0.2) is 8.78 Å². The van der Waals surface area contributed by atoms with Crippen molar-refractivity contribution in [3.05, 3.63) is 59.9 Å². The Bertz CT molecular complexity index is 1160. The molecule has 2 heterocycles. The van der Waals surface area contributed by atoms with Gasteiger partial charge in [-0.15, -0.1) is 0 Å². The van der Waals surface area contributed by atoms with Gasteiger partial charge in [0.25, 0.3) is 5.91 Å². The Morgan fingerprint density at radius 3 is 2.42 bits per heavy atom. The second-order valence-electron chi connectivity index (χ2n) is 11.3. The monoisotopic (exact) mass is 523 g/mol. The van der Waals surface area contributed by atoms with Crippen molar-refractivity contribution in [3.8, 4) is 6.19 Å². The highest BCUT2D eigenvalue weighted by molar-refractivity contribution is 6.04. The van der Waals surface area contributed by atoms with Gasteiger partial charge in [-0.05, 0) is 54.9 Å². The predicted molar refractivity (Wildman–Crippen MR) is 140 cm³/mol. The third kappa shape index (κ3) is 6.12. The molecule has 1 aliphatic carbocycles. The van der Waals surface area contributed by atoms with Gasteiger partial charge in [0.2, 0.25) is 11.8 Å². The van der Waals surface area contributed by atoms with Gasteiger partial charge < -0.3 is 5.32 Å². The third-order valence-corrected chi connectivity index (χ3v) is 7.49. The number of pyridine rings is 1. The Morgan fingerprint density at radius 1 is 1.16 bits per heavy atom. The standard InChI is InChI=1S/C29H35F2N5O2/c1-28(2,3)21-8-10-23(11-9-21)36(27(38)24-7-5-17-35(24)19-32)25(20-6-4-16-33-18-20)26(37)34-22-12-14-29(30,31)15-13-22/h4,6,8-11,16,18,22,24-25H,5,7,12-15,17H2,1-3H3,(H,34,37)/t24-,25?/m1/s1. The topological polar surface area (TPSA) is 89.3 Å². The molecule has 0 bridgehead atoms. The van der Waals surface area contributed by atoms with E-state index in [4.69, 9.17) is 0 Å². The fourth-order valence-corrected chi connectivity index (χ4v) is 5.25. The van der Waals surface area contributed by atoms with Gasteiger partial charge in [0.05, 0.1) is 0 Å².